The first-order valence-electron chi connectivity index (χ1n) is 8.21. The molecule has 1 saturated heterocycles. The van der Waals surface area contributed by atoms with Crippen LogP contribution in [0, 0.1) is 18.2 Å². The van der Waals surface area contributed by atoms with Crippen LogP contribution in [0.1, 0.15) is 29.0 Å². The smallest absolute Gasteiger partial charge is 0.287 e. The van der Waals surface area contributed by atoms with Gasteiger partial charge in [0.25, 0.3) is 5.91 Å². The van der Waals surface area contributed by atoms with Crippen molar-refractivity contribution in [2.24, 2.45) is 5.41 Å². The molecule has 1 aliphatic heterocycles. The van der Waals surface area contributed by atoms with Crippen LogP contribution in [0.3, 0.4) is 0 Å². The van der Waals surface area contributed by atoms with Crippen molar-refractivity contribution in [1.82, 2.24) is 10.6 Å². The Balaban J connectivity index is 1.76. The number of hydrogen-bond acceptors (Lipinski definition) is 4. The number of hydrogen-bond donors (Lipinski definition) is 2. The molecular weight excluding hydrogens is 311 g/mol. The topological polar surface area (TPSA) is 63.5 Å². The molecule has 1 aromatic heterocycles. The first kappa shape index (κ1) is 16.9. The quantitative estimate of drug-likeness (QED) is 0.882. The number of ether oxygens (including phenoxy) is 1. The highest BCUT2D eigenvalue weighted by Crippen LogP contribution is 2.29. The molecule has 1 aliphatic rings. The van der Waals surface area contributed by atoms with E-state index in [-0.39, 0.29) is 22.9 Å². The van der Waals surface area contributed by atoms with Crippen LogP contribution < -0.4 is 10.6 Å². The van der Waals surface area contributed by atoms with Gasteiger partial charge in [-0.25, -0.2) is 4.39 Å². The van der Waals surface area contributed by atoms with E-state index in [1.54, 1.807) is 20.1 Å². The fourth-order valence-electron chi connectivity index (χ4n) is 3.39. The van der Waals surface area contributed by atoms with E-state index in [9.17, 15) is 9.18 Å². The Labute approximate surface area is 140 Å². The van der Waals surface area contributed by atoms with Gasteiger partial charge in [0, 0.05) is 30.0 Å². The number of carbonyl (C=O) groups excluding carboxylic acids is 1. The second-order valence-electron chi connectivity index (χ2n) is 6.56. The molecule has 0 radical (unpaired) electrons. The number of nitrogens with one attached hydrogen (secondary N) is 2. The van der Waals surface area contributed by atoms with Crippen LogP contribution in [0.15, 0.2) is 22.6 Å². The molecule has 2 heterocycles. The number of amides is 1. The molecule has 1 amide bonds. The van der Waals surface area contributed by atoms with Crippen molar-refractivity contribution in [3.8, 4) is 0 Å². The van der Waals surface area contributed by atoms with Gasteiger partial charge in [0.2, 0.25) is 0 Å². The molecule has 5 nitrogen and oxygen atoms in total. The Morgan fingerprint density at radius 3 is 2.88 bits per heavy atom. The number of benzene rings is 1. The van der Waals surface area contributed by atoms with E-state index < -0.39 is 0 Å². The van der Waals surface area contributed by atoms with Gasteiger partial charge in [0.05, 0.1) is 6.61 Å². The molecule has 0 spiro atoms. The zero-order valence-corrected chi connectivity index (χ0v) is 14.1. The van der Waals surface area contributed by atoms with Crippen molar-refractivity contribution in [2.45, 2.75) is 19.8 Å². The Morgan fingerprint density at radius 1 is 1.42 bits per heavy atom. The van der Waals surface area contributed by atoms with Gasteiger partial charge in [0.15, 0.2) is 5.76 Å². The summed E-state index contributed by atoms with van der Waals surface area (Å²) in [5.74, 6) is -0.359. The molecule has 0 aliphatic carbocycles. The number of methoxy groups -OCH3 is 1. The third-order valence-electron chi connectivity index (χ3n) is 4.84. The van der Waals surface area contributed by atoms with E-state index in [1.165, 1.54) is 12.1 Å². The Morgan fingerprint density at radius 2 is 2.17 bits per heavy atom. The van der Waals surface area contributed by atoms with E-state index >= 15 is 0 Å². The second kappa shape index (κ2) is 6.91. The van der Waals surface area contributed by atoms with Gasteiger partial charge in [0.1, 0.15) is 11.4 Å². The number of halogens is 1. The molecule has 2 aromatic rings. The minimum atomic E-state index is -0.341. The molecule has 0 atom stereocenters. The van der Waals surface area contributed by atoms with Crippen LogP contribution in [0.5, 0.6) is 0 Å². The molecule has 0 bridgehead atoms. The fraction of sp³-hybridized carbons (Fsp3) is 0.500. The van der Waals surface area contributed by atoms with Crippen LogP contribution in [0.2, 0.25) is 0 Å². The van der Waals surface area contributed by atoms with Crippen molar-refractivity contribution in [3.05, 3.63) is 35.3 Å². The molecule has 3 rings (SSSR count). The largest absolute Gasteiger partial charge is 0.451 e. The number of furan rings is 1. The molecule has 1 aromatic carbocycles. The summed E-state index contributed by atoms with van der Waals surface area (Å²) >= 11 is 0. The summed E-state index contributed by atoms with van der Waals surface area (Å²) < 4.78 is 24.4. The summed E-state index contributed by atoms with van der Waals surface area (Å²) in [5, 5.41) is 6.94. The average molecular weight is 334 g/mol. The zero-order valence-electron chi connectivity index (χ0n) is 14.1. The van der Waals surface area contributed by atoms with E-state index in [0.29, 0.717) is 29.7 Å². The molecule has 0 saturated carbocycles. The van der Waals surface area contributed by atoms with Gasteiger partial charge in [-0.05, 0) is 51.1 Å². The molecule has 24 heavy (non-hydrogen) atoms. The lowest BCUT2D eigenvalue weighted by atomic mass is 9.79. The Hall–Kier alpha value is -1.92. The van der Waals surface area contributed by atoms with Crippen molar-refractivity contribution >= 4 is 16.9 Å². The molecule has 6 heteroatoms. The maximum atomic E-state index is 13.4. The number of carbonyl (C=O) groups is 1. The standard InChI is InChI=1S/C18H23FN2O3/c1-12-14-9-13(19)3-4-15(14)24-16(12)17(22)21-10-18(11-23-2)5-7-20-8-6-18/h3-4,9,20H,5-8,10-11H2,1-2H3,(H,21,22). The maximum absolute atomic E-state index is 13.4. The normalized spacial score (nSPS) is 17.1. The minimum Gasteiger partial charge on any atom is -0.451 e. The molecule has 0 unspecified atom stereocenters. The lowest BCUT2D eigenvalue weighted by Crippen LogP contribution is -2.47. The Kier molecular flexibility index (Phi) is 4.87. The summed E-state index contributed by atoms with van der Waals surface area (Å²) in [6, 6.07) is 4.27. The monoisotopic (exact) mass is 334 g/mol. The van der Waals surface area contributed by atoms with Crippen molar-refractivity contribution in [1.29, 1.82) is 0 Å². The number of aryl methyl sites for hydroxylation is 1. The highest BCUT2D eigenvalue weighted by Gasteiger charge is 2.33. The summed E-state index contributed by atoms with van der Waals surface area (Å²) in [6.07, 6.45) is 1.90. The van der Waals surface area contributed by atoms with Crippen LogP contribution in [-0.4, -0.2) is 39.3 Å². The maximum Gasteiger partial charge on any atom is 0.287 e. The predicted molar refractivity (Wildman–Crippen MR) is 89.7 cm³/mol. The summed E-state index contributed by atoms with van der Waals surface area (Å²) in [6.45, 7) is 4.76. The van der Waals surface area contributed by atoms with Crippen LogP contribution in [-0.2, 0) is 4.74 Å². The molecular formula is C18H23FN2O3. The third-order valence-corrected chi connectivity index (χ3v) is 4.84. The van der Waals surface area contributed by atoms with E-state index in [4.69, 9.17) is 9.15 Å². The number of piperidine rings is 1. The zero-order chi connectivity index (χ0) is 17.2. The van der Waals surface area contributed by atoms with E-state index in [2.05, 4.69) is 10.6 Å². The van der Waals surface area contributed by atoms with E-state index in [1.807, 2.05) is 0 Å². The molecule has 130 valence electrons. The number of rotatable bonds is 5. The number of fused-ring (bicyclic) bond motifs is 1. The predicted octanol–water partition coefficient (Wildman–Crippen LogP) is 2.63. The highest BCUT2D eigenvalue weighted by molar-refractivity contribution is 5.98. The summed E-state index contributed by atoms with van der Waals surface area (Å²) in [4.78, 5) is 12.6. The summed E-state index contributed by atoms with van der Waals surface area (Å²) in [5.41, 5.74) is 1.13. The second-order valence-corrected chi connectivity index (χ2v) is 6.56. The van der Waals surface area contributed by atoms with Crippen LogP contribution in [0.4, 0.5) is 4.39 Å². The highest BCUT2D eigenvalue weighted by atomic mass is 19.1. The van der Waals surface area contributed by atoms with Gasteiger partial charge < -0.3 is 19.8 Å². The van der Waals surface area contributed by atoms with Crippen molar-refractivity contribution in [3.63, 3.8) is 0 Å². The lowest BCUT2D eigenvalue weighted by Gasteiger charge is -2.37. The van der Waals surface area contributed by atoms with Crippen LogP contribution in [0.25, 0.3) is 11.0 Å². The molecule has 2 N–H and O–H groups in total. The minimum absolute atomic E-state index is 0.0539. The first-order chi connectivity index (χ1) is 11.5. The van der Waals surface area contributed by atoms with Crippen molar-refractivity contribution in [2.75, 3.05) is 33.4 Å². The van der Waals surface area contributed by atoms with Gasteiger partial charge in [-0.2, -0.15) is 0 Å². The lowest BCUT2D eigenvalue weighted by molar-refractivity contribution is 0.0506. The van der Waals surface area contributed by atoms with E-state index in [0.717, 1.165) is 25.9 Å². The molecule has 1 fully saturated rings. The average Bonchev–Trinajstić information content (AvgIpc) is 2.91. The third kappa shape index (κ3) is 3.30. The van der Waals surface area contributed by atoms with Gasteiger partial charge in [-0.1, -0.05) is 0 Å². The van der Waals surface area contributed by atoms with Crippen LogP contribution >= 0.6 is 0 Å². The van der Waals surface area contributed by atoms with Gasteiger partial charge in [-0.15, -0.1) is 0 Å². The summed E-state index contributed by atoms with van der Waals surface area (Å²) in [7, 11) is 1.68. The van der Waals surface area contributed by atoms with Crippen molar-refractivity contribution < 1.29 is 18.3 Å². The van der Waals surface area contributed by atoms with Gasteiger partial charge in [-0.3, -0.25) is 4.79 Å². The van der Waals surface area contributed by atoms with Gasteiger partial charge >= 0.3 is 0 Å². The first-order valence-corrected chi connectivity index (χ1v) is 8.21. The SMILES string of the molecule is COCC1(CNC(=O)c2oc3ccc(F)cc3c2C)CCNCC1. The fourth-order valence-corrected chi connectivity index (χ4v) is 3.39. The Bertz CT molecular complexity index is 730.